The molecule has 19 heavy (non-hydrogen) atoms. The van der Waals surface area contributed by atoms with Crippen molar-refractivity contribution in [1.82, 2.24) is 5.32 Å². The molecule has 0 aliphatic heterocycles. The van der Waals surface area contributed by atoms with Gasteiger partial charge in [0.25, 0.3) is 5.91 Å². The summed E-state index contributed by atoms with van der Waals surface area (Å²) in [6, 6.07) is 4.17. The molecule has 0 bridgehead atoms. The molecule has 0 aromatic heterocycles. The zero-order chi connectivity index (χ0) is 14.4. The third-order valence-corrected chi connectivity index (χ3v) is 3.74. The Kier molecular flexibility index (Phi) is 5.43. The minimum atomic E-state index is -0.992. The molecule has 7 nitrogen and oxygen atoms in total. The van der Waals surface area contributed by atoms with Crippen molar-refractivity contribution < 1.29 is 13.9 Å². The first-order valence-corrected chi connectivity index (χ1v) is 7.12. The number of para-hydroxylation sites is 1. The van der Waals surface area contributed by atoms with Gasteiger partial charge in [-0.05, 0) is 12.1 Å². The monoisotopic (exact) mass is 285 g/mol. The van der Waals surface area contributed by atoms with E-state index in [0.29, 0.717) is 11.5 Å². The topological polar surface area (TPSA) is 115 Å². The van der Waals surface area contributed by atoms with Crippen LogP contribution in [0, 0.1) is 10.1 Å². The molecule has 1 aromatic rings. The number of nitrogen functional groups attached to an aromatic ring is 1. The van der Waals surface area contributed by atoms with Crippen molar-refractivity contribution in [1.29, 1.82) is 0 Å². The van der Waals surface area contributed by atoms with Gasteiger partial charge in [-0.15, -0.1) is 0 Å². The Morgan fingerprint density at radius 2 is 2.21 bits per heavy atom. The third-order valence-electron chi connectivity index (χ3n) is 2.43. The largest absolute Gasteiger partial charge is 0.393 e. The first-order chi connectivity index (χ1) is 8.97. The number of nitro benzene ring substituents is 1. The van der Waals surface area contributed by atoms with E-state index in [2.05, 4.69) is 5.32 Å². The number of nitrogens with two attached hydrogens (primary N) is 1. The molecule has 0 saturated heterocycles. The number of rotatable bonds is 6. The summed E-state index contributed by atoms with van der Waals surface area (Å²) in [6.45, 7) is 1.98. The number of carbonyl (C=O) groups excluding carboxylic acids is 1. The van der Waals surface area contributed by atoms with E-state index in [1.54, 1.807) is 6.92 Å². The second kappa shape index (κ2) is 6.83. The summed E-state index contributed by atoms with van der Waals surface area (Å²) < 4.78 is 11.2. The lowest BCUT2D eigenvalue weighted by Gasteiger charge is -2.06. The van der Waals surface area contributed by atoms with Crippen LogP contribution in [0.4, 0.5) is 11.4 Å². The van der Waals surface area contributed by atoms with Gasteiger partial charge in [0.05, 0.1) is 4.92 Å². The number of nitrogens with zero attached hydrogens (tertiary/aromatic N) is 1. The Hall–Kier alpha value is -1.96. The highest BCUT2D eigenvalue weighted by atomic mass is 32.2. The van der Waals surface area contributed by atoms with Crippen LogP contribution in [-0.2, 0) is 10.8 Å². The molecule has 104 valence electrons. The van der Waals surface area contributed by atoms with Gasteiger partial charge in [0, 0.05) is 28.9 Å². The lowest BCUT2D eigenvalue weighted by molar-refractivity contribution is -0.384. The first kappa shape index (κ1) is 15.1. The fraction of sp³-hybridized carbons (Fsp3) is 0.364. The van der Waals surface area contributed by atoms with E-state index < -0.39 is 27.3 Å². The van der Waals surface area contributed by atoms with Crippen LogP contribution in [0.2, 0.25) is 0 Å². The molecule has 1 aromatic carbocycles. The average Bonchev–Trinajstić information content (AvgIpc) is 2.37. The third kappa shape index (κ3) is 4.02. The van der Waals surface area contributed by atoms with E-state index in [9.17, 15) is 19.1 Å². The number of anilines is 1. The van der Waals surface area contributed by atoms with Gasteiger partial charge in [-0.1, -0.05) is 13.0 Å². The zero-order valence-corrected chi connectivity index (χ0v) is 11.2. The van der Waals surface area contributed by atoms with Crippen molar-refractivity contribution in [2.24, 2.45) is 0 Å². The number of benzene rings is 1. The molecule has 0 fully saturated rings. The molecule has 1 amide bonds. The number of hydrogen-bond acceptors (Lipinski definition) is 5. The maximum Gasteiger partial charge on any atom is 0.304 e. The average molecular weight is 285 g/mol. The van der Waals surface area contributed by atoms with Crippen molar-refractivity contribution in [3.63, 3.8) is 0 Å². The van der Waals surface area contributed by atoms with Crippen molar-refractivity contribution in [3.05, 3.63) is 33.9 Å². The van der Waals surface area contributed by atoms with Gasteiger partial charge in [0.15, 0.2) is 0 Å². The van der Waals surface area contributed by atoms with E-state index in [0.717, 1.165) is 0 Å². The van der Waals surface area contributed by atoms with Crippen molar-refractivity contribution in [2.45, 2.75) is 6.92 Å². The van der Waals surface area contributed by atoms with Gasteiger partial charge < -0.3 is 11.1 Å². The number of carbonyl (C=O) groups is 1. The first-order valence-electron chi connectivity index (χ1n) is 5.63. The summed E-state index contributed by atoms with van der Waals surface area (Å²) in [7, 11) is -0.992. The Labute approximate surface area is 112 Å². The van der Waals surface area contributed by atoms with Gasteiger partial charge >= 0.3 is 5.69 Å². The quantitative estimate of drug-likeness (QED) is 0.453. The van der Waals surface area contributed by atoms with Gasteiger partial charge in [-0.25, -0.2) is 0 Å². The fourth-order valence-corrected chi connectivity index (χ4v) is 2.08. The highest BCUT2D eigenvalue weighted by molar-refractivity contribution is 7.84. The van der Waals surface area contributed by atoms with Crippen molar-refractivity contribution in [2.75, 3.05) is 23.8 Å². The second-order valence-corrected chi connectivity index (χ2v) is 5.55. The Morgan fingerprint density at radius 1 is 1.53 bits per heavy atom. The summed E-state index contributed by atoms with van der Waals surface area (Å²) in [5.41, 5.74) is 4.93. The van der Waals surface area contributed by atoms with Crippen LogP contribution in [0.25, 0.3) is 0 Å². The predicted molar refractivity (Wildman–Crippen MR) is 73.4 cm³/mol. The summed E-state index contributed by atoms with van der Waals surface area (Å²) in [5, 5.41) is 13.4. The fourth-order valence-electron chi connectivity index (χ4n) is 1.47. The lowest BCUT2D eigenvalue weighted by atomic mass is 10.1. The normalized spacial score (nSPS) is 11.8. The van der Waals surface area contributed by atoms with E-state index in [1.807, 2.05) is 0 Å². The Balaban J connectivity index is 2.80. The molecule has 0 aliphatic carbocycles. The molecule has 0 aliphatic rings. The van der Waals surface area contributed by atoms with E-state index in [1.165, 1.54) is 18.2 Å². The van der Waals surface area contributed by atoms with Gasteiger partial charge in [-0.2, -0.15) is 0 Å². The minimum Gasteiger partial charge on any atom is -0.393 e. The Morgan fingerprint density at radius 3 is 2.79 bits per heavy atom. The number of hydrogen-bond donors (Lipinski definition) is 2. The molecule has 0 radical (unpaired) electrons. The SMILES string of the molecule is CCS(=O)CCNC(=O)c1cccc(N)c1[N+](=O)[O-]. The Bertz CT molecular complexity index is 519. The summed E-state index contributed by atoms with van der Waals surface area (Å²) in [5.74, 6) is 0.235. The summed E-state index contributed by atoms with van der Waals surface area (Å²) in [6.07, 6.45) is 0. The molecule has 8 heteroatoms. The summed E-state index contributed by atoms with van der Waals surface area (Å²) in [4.78, 5) is 22.0. The van der Waals surface area contributed by atoms with E-state index >= 15 is 0 Å². The van der Waals surface area contributed by atoms with Gasteiger partial charge in [0.2, 0.25) is 0 Å². The standard InChI is InChI=1S/C11H15N3O4S/c1-2-19(18)7-6-13-11(15)8-4-3-5-9(12)10(8)14(16)17/h3-5H,2,6-7,12H2,1H3,(H,13,15). The van der Waals surface area contributed by atoms with E-state index in [4.69, 9.17) is 5.73 Å². The smallest absolute Gasteiger partial charge is 0.304 e. The molecular weight excluding hydrogens is 270 g/mol. The van der Waals surface area contributed by atoms with Crippen molar-refractivity contribution >= 4 is 28.1 Å². The highest BCUT2D eigenvalue weighted by Crippen LogP contribution is 2.25. The minimum absolute atomic E-state index is 0.0604. The predicted octanol–water partition coefficient (Wildman–Crippen LogP) is 0.675. The molecule has 1 unspecified atom stereocenters. The number of amides is 1. The number of nitro groups is 1. The summed E-state index contributed by atoms with van der Waals surface area (Å²) >= 11 is 0. The maximum atomic E-state index is 11.8. The maximum absolute atomic E-state index is 11.8. The highest BCUT2D eigenvalue weighted by Gasteiger charge is 2.22. The van der Waals surface area contributed by atoms with Crippen LogP contribution >= 0.6 is 0 Å². The number of nitrogens with one attached hydrogen (secondary N) is 1. The van der Waals surface area contributed by atoms with Crippen LogP contribution < -0.4 is 11.1 Å². The molecule has 3 N–H and O–H groups in total. The molecule has 1 atom stereocenters. The van der Waals surface area contributed by atoms with Crippen LogP contribution in [0.5, 0.6) is 0 Å². The van der Waals surface area contributed by atoms with Gasteiger partial charge in [0.1, 0.15) is 11.3 Å². The van der Waals surface area contributed by atoms with Crippen molar-refractivity contribution in [3.8, 4) is 0 Å². The van der Waals surface area contributed by atoms with Crippen LogP contribution in [0.3, 0.4) is 0 Å². The molecule has 0 spiro atoms. The molecule has 0 saturated carbocycles. The molecule has 1 rings (SSSR count). The van der Waals surface area contributed by atoms with Crippen LogP contribution in [0.1, 0.15) is 17.3 Å². The molecular formula is C11H15N3O4S. The molecule has 0 heterocycles. The van der Waals surface area contributed by atoms with E-state index in [-0.39, 0.29) is 17.8 Å². The van der Waals surface area contributed by atoms with Crippen LogP contribution in [-0.4, -0.2) is 33.1 Å². The lowest BCUT2D eigenvalue weighted by Crippen LogP contribution is -2.28. The second-order valence-electron chi connectivity index (χ2n) is 3.69. The van der Waals surface area contributed by atoms with Crippen LogP contribution in [0.15, 0.2) is 18.2 Å². The zero-order valence-electron chi connectivity index (χ0n) is 10.4. The van der Waals surface area contributed by atoms with Gasteiger partial charge in [-0.3, -0.25) is 19.1 Å².